The van der Waals surface area contributed by atoms with Crippen molar-refractivity contribution < 1.29 is 4.79 Å². The Bertz CT molecular complexity index is 324. The molecule has 84 valence electrons. The number of allylic oxidation sites excluding steroid dienone is 2. The first-order chi connectivity index (χ1) is 6.85. The van der Waals surface area contributed by atoms with Gasteiger partial charge in [-0.25, -0.2) is 0 Å². The Labute approximate surface area is 92.9 Å². The van der Waals surface area contributed by atoms with Crippen molar-refractivity contribution in [2.75, 3.05) is 0 Å². The largest absolute Gasteiger partial charge is 0.295 e. The van der Waals surface area contributed by atoms with Crippen LogP contribution in [0.5, 0.6) is 0 Å². The van der Waals surface area contributed by atoms with E-state index in [0.29, 0.717) is 5.78 Å². The third-order valence-electron chi connectivity index (χ3n) is 4.40. The fraction of sp³-hybridized carbons (Fsp3) is 0.786. The van der Waals surface area contributed by atoms with Gasteiger partial charge in [0.1, 0.15) is 0 Å². The van der Waals surface area contributed by atoms with Gasteiger partial charge in [-0.15, -0.1) is 0 Å². The fourth-order valence-corrected chi connectivity index (χ4v) is 4.11. The third-order valence-corrected chi connectivity index (χ3v) is 4.40. The van der Waals surface area contributed by atoms with Gasteiger partial charge in [-0.05, 0) is 43.1 Å². The van der Waals surface area contributed by atoms with Crippen molar-refractivity contribution in [1.29, 1.82) is 0 Å². The van der Waals surface area contributed by atoms with Gasteiger partial charge >= 0.3 is 0 Å². The standard InChI is InChI=1S/C14H22O/c1-10-8-11(15)12-13(2,3)6-5-7-14(12,4)9-10/h8,12H,5-7,9H2,1-4H3. The van der Waals surface area contributed by atoms with Gasteiger partial charge < -0.3 is 0 Å². The Hall–Kier alpha value is -0.590. The summed E-state index contributed by atoms with van der Waals surface area (Å²) in [4.78, 5) is 12.2. The van der Waals surface area contributed by atoms with Crippen LogP contribution in [0.4, 0.5) is 0 Å². The van der Waals surface area contributed by atoms with E-state index in [0.717, 1.165) is 6.42 Å². The van der Waals surface area contributed by atoms with E-state index in [-0.39, 0.29) is 16.7 Å². The molecule has 1 heteroatoms. The van der Waals surface area contributed by atoms with Gasteiger partial charge in [0.05, 0.1) is 0 Å². The average Bonchev–Trinajstić information content (AvgIpc) is 1.97. The van der Waals surface area contributed by atoms with Crippen LogP contribution >= 0.6 is 0 Å². The molecule has 0 spiro atoms. The molecule has 0 aliphatic heterocycles. The molecule has 2 rings (SSSR count). The van der Waals surface area contributed by atoms with Crippen molar-refractivity contribution in [3.05, 3.63) is 11.6 Å². The maximum atomic E-state index is 12.2. The number of hydrogen-bond donors (Lipinski definition) is 0. The van der Waals surface area contributed by atoms with Gasteiger partial charge in [-0.1, -0.05) is 32.8 Å². The van der Waals surface area contributed by atoms with Crippen molar-refractivity contribution in [3.63, 3.8) is 0 Å². The van der Waals surface area contributed by atoms with Crippen LogP contribution in [0.2, 0.25) is 0 Å². The molecule has 0 aromatic carbocycles. The maximum Gasteiger partial charge on any atom is 0.159 e. The highest BCUT2D eigenvalue weighted by Crippen LogP contribution is 2.55. The summed E-state index contributed by atoms with van der Waals surface area (Å²) in [6.07, 6.45) is 6.71. The predicted octanol–water partition coefficient (Wildman–Crippen LogP) is 3.74. The molecule has 0 saturated heterocycles. The number of carbonyl (C=O) groups excluding carboxylic acids is 1. The summed E-state index contributed by atoms with van der Waals surface area (Å²) in [5, 5.41) is 0. The Morgan fingerprint density at radius 2 is 1.93 bits per heavy atom. The zero-order valence-electron chi connectivity index (χ0n) is 10.4. The zero-order chi connectivity index (χ0) is 11.3. The van der Waals surface area contributed by atoms with Gasteiger partial charge in [0.2, 0.25) is 0 Å². The topological polar surface area (TPSA) is 17.1 Å². The van der Waals surface area contributed by atoms with Crippen LogP contribution in [0.3, 0.4) is 0 Å². The van der Waals surface area contributed by atoms with E-state index in [4.69, 9.17) is 0 Å². The van der Waals surface area contributed by atoms with Crippen LogP contribution in [0.1, 0.15) is 53.4 Å². The van der Waals surface area contributed by atoms with Gasteiger partial charge in [0.15, 0.2) is 5.78 Å². The second kappa shape index (κ2) is 3.20. The molecule has 15 heavy (non-hydrogen) atoms. The first-order valence-electron chi connectivity index (χ1n) is 6.06. The van der Waals surface area contributed by atoms with Gasteiger partial charge in [-0.2, -0.15) is 0 Å². The molecule has 2 aliphatic carbocycles. The zero-order valence-corrected chi connectivity index (χ0v) is 10.4. The van der Waals surface area contributed by atoms with E-state index >= 15 is 0 Å². The Morgan fingerprint density at radius 3 is 2.60 bits per heavy atom. The first kappa shape index (κ1) is 10.9. The van der Waals surface area contributed by atoms with Crippen LogP contribution in [0, 0.1) is 16.7 Å². The molecular formula is C14H22O. The minimum atomic E-state index is 0.196. The Morgan fingerprint density at radius 1 is 1.27 bits per heavy atom. The summed E-state index contributed by atoms with van der Waals surface area (Å²) < 4.78 is 0. The van der Waals surface area contributed by atoms with Gasteiger partial charge in [-0.3, -0.25) is 4.79 Å². The molecule has 0 amide bonds. The molecule has 1 saturated carbocycles. The minimum absolute atomic E-state index is 0.196. The van der Waals surface area contributed by atoms with Crippen molar-refractivity contribution in [3.8, 4) is 0 Å². The van der Waals surface area contributed by atoms with Gasteiger partial charge in [0, 0.05) is 5.92 Å². The fourth-order valence-electron chi connectivity index (χ4n) is 4.11. The SMILES string of the molecule is CC1=CC(=O)C2C(C)(C)CCCC2(C)C1. The highest BCUT2D eigenvalue weighted by molar-refractivity contribution is 5.94. The third kappa shape index (κ3) is 1.66. The van der Waals surface area contributed by atoms with Gasteiger partial charge in [0.25, 0.3) is 0 Å². The van der Waals surface area contributed by atoms with Crippen LogP contribution in [-0.2, 0) is 4.79 Å². The average molecular weight is 206 g/mol. The molecule has 0 aromatic rings. The lowest BCUT2D eigenvalue weighted by molar-refractivity contribution is -0.132. The molecule has 0 aromatic heterocycles. The molecule has 2 atom stereocenters. The molecule has 0 bridgehead atoms. The highest BCUT2D eigenvalue weighted by Gasteiger charge is 2.51. The van der Waals surface area contributed by atoms with Crippen molar-refractivity contribution in [1.82, 2.24) is 0 Å². The van der Waals surface area contributed by atoms with E-state index in [1.165, 1.54) is 24.8 Å². The molecule has 0 N–H and O–H groups in total. The molecular weight excluding hydrogens is 184 g/mol. The molecule has 0 heterocycles. The molecule has 1 nitrogen and oxygen atoms in total. The summed E-state index contributed by atoms with van der Waals surface area (Å²) in [6, 6.07) is 0. The van der Waals surface area contributed by atoms with Crippen molar-refractivity contribution in [2.24, 2.45) is 16.7 Å². The Kier molecular flexibility index (Phi) is 2.33. The number of fused-ring (bicyclic) bond motifs is 1. The predicted molar refractivity (Wildman–Crippen MR) is 62.6 cm³/mol. The van der Waals surface area contributed by atoms with E-state index in [1.54, 1.807) is 0 Å². The molecule has 2 aliphatic rings. The number of rotatable bonds is 0. The lowest BCUT2D eigenvalue weighted by Gasteiger charge is -2.51. The quantitative estimate of drug-likeness (QED) is 0.590. The minimum Gasteiger partial charge on any atom is -0.295 e. The normalized spacial score (nSPS) is 39.6. The van der Waals surface area contributed by atoms with E-state index < -0.39 is 0 Å². The summed E-state index contributed by atoms with van der Waals surface area (Å²) >= 11 is 0. The highest BCUT2D eigenvalue weighted by atomic mass is 16.1. The lowest BCUT2D eigenvalue weighted by Crippen LogP contribution is -2.48. The van der Waals surface area contributed by atoms with Crippen molar-refractivity contribution in [2.45, 2.75) is 53.4 Å². The summed E-state index contributed by atoms with van der Waals surface area (Å²) in [7, 11) is 0. The van der Waals surface area contributed by atoms with E-state index in [1.807, 2.05) is 6.08 Å². The van der Waals surface area contributed by atoms with Crippen LogP contribution in [-0.4, -0.2) is 5.78 Å². The lowest BCUT2D eigenvalue weighted by atomic mass is 9.52. The second-order valence-electron chi connectivity index (χ2n) is 6.50. The Balaban J connectivity index is 2.43. The van der Waals surface area contributed by atoms with E-state index in [9.17, 15) is 4.79 Å². The van der Waals surface area contributed by atoms with Crippen LogP contribution in [0.25, 0.3) is 0 Å². The summed E-state index contributed by atoms with van der Waals surface area (Å²) in [5.41, 5.74) is 1.70. The number of ketones is 1. The van der Waals surface area contributed by atoms with E-state index in [2.05, 4.69) is 27.7 Å². The second-order valence-corrected chi connectivity index (χ2v) is 6.50. The van der Waals surface area contributed by atoms with Crippen LogP contribution in [0.15, 0.2) is 11.6 Å². The van der Waals surface area contributed by atoms with Crippen LogP contribution < -0.4 is 0 Å². The maximum absolute atomic E-state index is 12.2. The molecule has 2 unspecified atom stereocenters. The summed E-state index contributed by atoms with van der Waals surface area (Å²) in [6.45, 7) is 8.94. The first-order valence-corrected chi connectivity index (χ1v) is 6.06. The molecule has 1 fully saturated rings. The molecule has 0 radical (unpaired) electrons. The number of carbonyl (C=O) groups is 1. The number of hydrogen-bond acceptors (Lipinski definition) is 1. The smallest absolute Gasteiger partial charge is 0.159 e. The summed E-state index contributed by atoms with van der Waals surface area (Å²) in [5.74, 6) is 0.633. The van der Waals surface area contributed by atoms with Crippen molar-refractivity contribution >= 4 is 5.78 Å². The monoisotopic (exact) mass is 206 g/mol.